The molecule has 0 spiro atoms. The first kappa shape index (κ1) is 18.9. The lowest BCUT2D eigenvalue weighted by atomic mass is 10.2. The number of halogens is 1. The van der Waals surface area contributed by atoms with E-state index in [2.05, 4.69) is 39.0 Å². The number of aromatic nitrogens is 3. The molecular weight excluding hydrogens is 373 g/mol. The smallest absolute Gasteiger partial charge is 0.191 e. The third kappa shape index (κ3) is 4.69. The number of benzene rings is 2. The van der Waals surface area contributed by atoms with Crippen LogP contribution < -0.4 is 0 Å². The van der Waals surface area contributed by atoms with E-state index >= 15 is 0 Å². The maximum Gasteiger partial charge on any atom is 0.191 e. The summed E-state index contributed by atoms with van der Waals surface area (Å²) < 4.78 is 21.2. The van der Waals surface area contributed by atoms with Gasteiger partial charge < -0.3 is 4.74 Å². The summed E-state index contributed by atoms with van der Waals surface area (Å²) >= 11 is 1.64. The zero-order valence-corrected chi connectivity index (χ0v) is 16.3. The fourth-order valence-corrected chi connectivity index (χ4v) is 3.99. The average molecular weight is 396 g/mol. The van der Waals surface area contributed by atoms with Gasteiger partial charge in [-0.2, -0.15) is 0 Å². The van der Waals surface area contributed by atoms with Crippen LogP contribution in [0.2, 0.25) is 0 Å². The number of hydrogen-bond donors (Lipinski definition) is 0. The van der Waals surface area contributed by atoms with Crippen LogP contribution in [0.5, 0.6) is 0 Å². The van der Waals surface area contributed by atoms with Crippen molar-refractivity contribution in [3.05, 3.63) is 72.1 Å². The summed E-state index contributed by atoms with van der Waals surface area (Å²) in [6, 6.07) is 16.6. The first-order valence-corrected chi connectivity index (χ1v) is 10.4. The molecule has 0 amide bonds. The second-order valence-electron chi connectivity index (χ2n) is 6.68. The Morgan fingerprint density at radius 1 is 1.11 bits per heavy atom. The van der Waals surface area contributed by atoms with Gasteiger partial charge in [0, 0.05) is 17.9 Å². The molecule has 1 unspecified atom stereocenters. The van der Waals surface area contributed by atoms with Crippen LogP contribution in [0, 0.1) is 5.82 Å². The van der Waals surface area contributed by atoms with Crippen LogP contribution in [0.25, 0.3) is 17.5 Å². The summed E-state index contributed by atoms with van der Waals surface area (Å²) in [4.78, 5) is 0. The van der Waals surface area contributed by atoms with Crippen molar-refractivity contribution in [1.82, 2.24) is 14.8 Å². The Labute approximate surface area is 168 Å². The summed E-state index contributed by atoms with van der Waals surface area (Å²) in [5.41, 5.74) is 2.04. The Kier molecular flexibility index (Phi) is 6.19. The van der Waals surface area contributed by atoms with Gasteiger partial charge in [0.25, 0.3) is 0 Å². The maximum absolute atomic E-state index is 13.3. The van der Waals surface area contributed by atoms with Gasteiger partial charge in [-0.1, -0.05) is 54.2 Å². The van der Waals surface area contributed by atoms with Gasteiger partial charge in [0.05, 0.1) is 12.6 Å². The van der Waals surface area contributed by atoms with E-state index in [4.69, 9.17) is 4.74 Å². The summed E-state index contributed by atoms with van der Waals surface area (Å²) in [5, 5.41) is 9.63. The second kappa shape index (κ2) is 9.17. The molecule has 2 aromatic carbocycles. The highest BCUT2D eigenvalue weighted by Crippen LogP contribution is 2.27. The molecule has 1 atom stereocenters. The molecule has 28 heavy (non-hydrogen) atoms. The van der Waals surface area contributed by atoms with Crippen molar-refractivity contribution in [2.75, 3.05) is 12.4 Å². The molecule has 0 radical (unpaired) electrons. The second-order valence-corrected chi connectivity index (χ2v) is 7.67. The lowest BCUT2D eigenvalue weighted by Crippen LogP contribution is -2.16. The lowest BCUT2D eigenvalue weighted by molar-refractivity contribution is 0.0953. The van der Waals surface area contributed by atoms with Crippen molar-refractivity contribution in [1.29, 1.82) is 0 Å². The van der Waals surface area contributed by atoms with E-state index in [9.17, 15) is 4.39 Å². The van der Waals surface area contributed by atoms with Gasteiger partial charge in [-0.15, -0.1) is 10.2 Å². The summed E-state index contributed by atoms with van der Waals surface area (Å²) in [6.07, 6.45) is 6.53. The molecule has 0 N–H and O–H groups in total. The molecule has 2 heterocycles. The van der Waals surface area contributed by atoms with Crippen molar-refractivity contribution in [2.24, 2.45) is 0 Å². The summed E-state index contributed by atoms with van der Waals surface area (Å²) in [5.74, 6) is 1.29. The average Bonchev–Trinajstić information content (AvgIpc) is 3.38. The van der Waals surface area contributed by atoms with E-state index in [0.717, 1.165) is 41.7 Å². The van der Waals surface area contributed by atoms with E-state index in [-0.39, 0.29) is 11.9 Å². The van der Waals surface area contributed by atoms with Gasteiger partial charge in [0.2, 0.25) is 0 Å². The number of thioether (sulfide) groups is 1. The van der Waals surface area contributed by atoms with Crippen LogP contribution >= 0.6 is 11.8 Å². The molecule has 0 aliphatic carbocycles. The Morgan fingerprint density at radius 3 is 2.68 bits per heavy atom. The van der Waals surface area contributed by atoms with E-state index in [1.54, 1.807) is 23.9 Å². The minimum absolute atomic E-state index is 0.175. The normalized spacial score (nSPS) is 16.8. The summed E-state index contributed by atoms with van der Waals surface area (Å²) in [7, 11) is 0. The first-order chi connectivity index (χ1) is 13.8. The van der Waals surface area contributed by atoms with Crippen LogP contribution in [0.3, 0.4) is 0 Å². The highest BCUT2D eigenvalue weighted by molar-refractivity contribution is 7.99. The van der Waals surface area contributed by atoms with Gasteiger partial charge in [0.15, 0.2) is 11.0 Å². The molecule has 4 rings (SSSR count). The molecule has 1 fully saturated rings. The summed E-state index contributed by atoms with van der Waals surface area (Å²) in [6.45, 7) is 1.52. The number of rotatable bonds is 7. The standard InChI is InChI=1S/C22H22FN3OS/c23-19-12-10-18(11-13-19)21-24-25-22(26(21)16-20-9-4-14-27-20)28-15-5-8-17-6-2-1-3-7-17/h1-3,5-8,10-13,20H,4,9,14-16H2. The monoisotopic (exact) mass is 395 g/mol. The maximum atomic E-state index is 13.3. The molecule has 6 heteroatoms. The Hall–Kier alpha value is -2.44. The molecule has 1 saturated heterocycles. The number of ether oxygens (including phenoxy) is 1. The van der Waals surface area contributed by atoms with Crippen LogP contribution in [-0.2, 0) is 11.3 Å². The molecule has 144 valence electrons. The van der Waals surface area contributed by atoms with Gasteiger partial charge in [-0.05, 0) is 42.7 Å². The molecule has 0 bridgehead atoms. The van der Waals surface area contributed by atoms with Crippen molar-refractivity contribution < 1.29 is 9.13 Å². The van der Waals surface area contributed by atoms with Crippen LogP contribution in [0.15, 0.2) is 65.8 Å². The van der Waals surface area contributed by atoms with Crippen LogP contribution in [0.4, 0.5) is 4.39 Å². The zero-order chi connectivity index (χ0) is 19.2. The Balaban J connectivity index is 1.52. The van der Waals surface area contributed by atoms with Gasteiger partial charge in [0.1, 0.15) is 5.82 Å². The van der Waals surface area contributed by atoms with E-state index in [1.165, 1.54) is 17.7 Å². The van der Waals surface area contributed by atoms with Crippen molar-refractivity contribution in [2.45, 2.75) is 30.6 Å². The number of nitrogens with zero attached hydrogens (tertiary/aromatic N) is 3. The predicted molar refractivity (Wildman–Crippen MR) is 111 cm³/mol. The van der Waals surface area contributed by atoms with Crippen LogP contribution in [-0.4, -0.2) is 33.2 Å². The molecule has 1 aliphatic heterocycles. The minimum Gasteiger partial charge on any atom is -0.376 e. The molecule has 0 saturated carbocycles. The predicted octanol–water partition coefficient (Wildman–Crippen LogP) is 5.07. The fraction of sp³-hybridized carbons (Fsp3) is 0.273. The SMILES string of the molecule is Fc1ccc(-c2nnc(SCC=Cc3ccccc3)n2CC2CCCO2)cc1. The molecular formula is C22H22FN3OS. The van der Waals surface area contributed by atoms with Gasteiger partial charge in [-0.25, -0.2) is 4.39 Å². The van der Waals surface area contributed by atoms with E-state index in [1.807, 2.05) is 18.2 Å². The van der Waals surface area contributed by atoms with Crippen molar-refractivity contribution >= 4 is 17.8 Å². The Bertz CT molecular complexity index is 919. The van der Waals surface area contributed by atoms with Crippen molar-refractivity contribution in [3.63, 3.8) is 0 Å². The van der Waals surface area contributed by atoms with E-state index < -0.39 is 0 Å². The first-order valence-electron chi connectivity index (χ1n) is 9.45. The lowest BCUT2D eigenvalue weighted by Gasteiger charge is -2.14. The largest absolute Gasteiger partial charge is 0.376 e. The highest BCUT2D eigenvalue weighted by atomic mass is 32.2. The molecule has 4 nitrogen and oxygen atoms in total. The third-order valence-electron chi connectivity index (χ3n) is 4.65. The zero-order valence-electron chi connectivity index (χ0n) is 15.5. The number of hydrogen-bond acceptors (Lipinski definition) is 4. The highest BCUT2D eigenvalue weighted by Gasteiger charge is 2.21. The van der Waals surface area contributed by atoms with Crippen molar-refractivity contribution in [3.8, 4) is 11.4 Å². The quantitative estimate of drug-likeness (QED) is 0.524. The topological polar surface area (TPSA) is 39.9 Å². The Morgan fingerprint density at radius 2 is 1.93 bits per heavy atom. The molecule has 3 aromatic rings. The molecule has 1 aliphatic rings. The van der Waals surface area contributed by atoms with Gasteiger partial charge >= 0.3 is 0 Å². The minimum atomic E-state index is -0.255. The third-order valence-corrected chi connectivity index (χ3v) is 5.57. The molecule has 1 aromatic heterocycles. The van der Waals surface area contributed by atoms with Gasteiger partial charge in [-0.3, -0.25) is 4.57 Å². The van der Waals surface area contributed by atoms with Crippen LogP contribution in [0.1, 0.15) is 18.4 Å². The fourth-order valence-electron chi connectivity index (χ4n) is 3.24. The van der Waals surface area contributed by atoms with E-state index in [0.29, 0.717) is 6.54 Å².